The molecule has 1 rings (SSSR count). The molecule has 1 heterocycles. The molecule has 0 fully saturated rings. The molecule has 1 aromatic heterocycles. The predicted molar refractivity (Wildman–Crippen MR) is 97.2 cm³/mol. The number of nitrogens with zero attached hydrogens (tertiary/aromatic N) is 2. The van der Waals surface area contributed by atoms with Gasteiger partial charge in [0.05, 0.1) is 4.90 Å². The molecular weight excluding hydrogens is 360 g/mol. The number of hydrogen-bond donors (Lipinski definition) is 2. The second-order valence-electron chi connectivity index (χ2n) is 6.07. The molecule has 0 aliphatic heterocycles. The van der Waals surface area contributed by atoms with E-state index in [0.29, 0.717) is 6.54 Å². The van der Waals surface area contributed by atoms with Crippen LogP contribution in [0.1, 0.15) is 27.7 Å². The average molecular weight is 386 g/mol. The van der Waals surface area contributed by atoms with Crippen LogP contribution < -0.4 is 16.2 Å². The van der Waals surface area contributed by atoms with Gasteiger partial charge in [0.25, 0.3) is 5.56 Å². The molecule has 9 nitrogen and oxygen atoms in total. The first kappa shape index (κ1) is 21.8. The van der Waals surface area contributed by atoms with Gasteiger partial charge >= 0.3 is 6.03 Å². The Bertz CT molecular complexity index is 797. The van der Waals surface area contributed by atoms with E-state index >= 15 is 0 Å². The van der Waals surface area contributed by atoms with Crippen molar-refractivity contribution in [2.45, 2.75) is 39.1 Å². The van der Waals surface area contributed by atoms with Gasteiger partial charge in [0.1, 0.15) is 6.54 Å². The summed E-state index contributed by atoms with van der Waals surface area (Å²) in [6.07, 6.45) is 1.11. The molecule has 0 aliphatic carbocycles. The van der Waals surface area contributed by atoms with Crippen molar-refractivity contribution in [3.63, 3.8) is 0 Å². The fourth-order valence-corrected chi connectivity index (χ4v) is 3.64. The summed E-state index contributed by atoms with van der Waals surface area (Å²) in [5.41, 5.74) is -0.541. The molecule has 0 radical (unpaired) electrons. The Kier molecular flexibility index (Phi) is 7.97. The van der Waals surface area contributed by atoms with Gasteiger partial charge < -0.3 is 9.88 Å². The summed E-state index contributed by atoms with van der Waals surface area (Å²) in [6, 6.07) is 1.63. The molecule has 0 unspecified atom stereocenters. The third-order valence-corrected chi connectivity index (χ3v) is 5.57. The van der Waals surface area contributed by atoms with E-state index < -0.39 is 34.1 Å². The molecule has 0 saturated carbocycles. The van der Waals surface area contributed by atoms with E-state index in [0.717, 1.165) is 16.8 Å². The summed E-state index contributed by atoms with van der Waals surface area (Å²) in [5, 5.41) is 4.62. The zero-order valence-corrected chi connectivity index (χ0v) is 16.3. The molecule has 0 aliphatic rings. The van der Waals surface area contributed by atoms with Gasteiger partial charge in [-0.1, -0.05) is 27.7 Å². The Morgan fingerprint density at radius 1 is 1.19 bits per heavy atom. The van der Waals surface area contributed by atoms with Crippen molar-refractivity contribution in [1.29, 1.82) is 0 Å². The van der Waals surface area contributed by atoms with Crippen molar-refractivity contribution in [2.24, 2.45) is 5.92 Å². The minimum Gasteiger partial charge on any atom is -0.338 e. The third-order valence-electron chi connectivity index (χ3n) is 3.54. The van der Waals surface area contributed by atoms with Crippen LogP contribution in [0.15, 0.2) is 28.0 Å². The zero-order valence-electron chi connectivity index (χ0n) is 15.5. The van der Waals surface area contributed by atoms with Gasteiger partial charge in [0, 0.05) is 31.9 Å². The van der Waals surface area contributed by atoms with Gasteiger partial charge in [-0.05, 0) is 12.0 Å². The van der Waals surface area contributed by atoms with Gasteiger partial charge in [-0.25, -0.2) is 13.2 Å². The van der Waals surface area contributed by atoms with Crippen LogP contribution in [0.4, 0.5) is 4.79 Å². The van der Waals surface area contributed by atoms with Crippen molar-refractivity contribution < 1.29 is 18.0 Å². The van der Waals surface area contributed by atoms with Crippen LogP contribution in [0.2, 0.25) is 0 Å². The number of pyridine rings is 1. The average Bonchev–Trinajstić information content (AvgIpc) is 2.55. The number of amides is 3. The van der Waals surface area contributed by atoms with Gasteiger partial charge in [0.15, 0.2) is 0 Å². The molecule has 26 heavy (non-hydrogen) atoms. The normalized spacial score (nSPS) is 11.6. The SMILES string of the molecule is CCN(CC)S(=O)(=O)c1ccc(=O)n(CC(=O)NC(=O)NCC(C)C)c1. The molecule has 0 spiro atoms. The van der Waals surface area contributed by atoms with Crippen molar-refractivity contribution in [3.8, 4) is 0 Å². The number of carbonyl (C=O) groups excluding carboxylic acids is 2. The highest BCUT2D eigenvalue weighted by molar-refractivity contribution is 7.89. The number of rotatable bonds is 8. The van der Waals surface area contributed by atoms with Crippen molar-refractivity contribution in [3.05, 3.63) is 28.7 Å². The fourth-order valence-electron chi connectivity index (χ4n) is 2.16. The first-order valence-electron chi connectivity index (χ1n) is 8.40. The van der Waals surface area contributed by atoms with E-state index in [9.17, 15) is 22.8 Å². The Morgan fingerprint density at radius 2 is 1.81 bits per heavy atom. The lowest BCUT2D eigenvalue weighted by Crippen LogP contribution is -2.43. The molecule has 3 amide bonds. The van der Waals surface area contributed by atoms with Crippen LogP contribution in [-0.4, -0.2) is 48.9 Å². The first-order valence-corrected chi connectivity index (χ1v) is 9.84. The largest absolute Gasteiger partial charge is 0.338 e. The molecule has 146 valence electrons. The molecule has 1 aromatic rings. The molecule has 0 bridgehead atoms. The summed E-state index contributed by atoms with van der Waals surface area (Å²) >= 11 is 0. The van der Waals surface area contributed by atoms with Crippen molar-refractivity contribution in [1.82, 2.24) is 19.5 Å². The lowest BCUT2D eigenvalue weighted by atomic mass is 10.2. The maximum atomic E-state index is 12.5. The van der Waals surface area contributed by atoms with Gasteiger partial charge in [-0.15, -0.1) is 0 Å². The smallest absolute Gasteiger partial charge is 0.321 e. The maximum absolute atomic E-state index is 12.5. The van der Waals surface area contributed by atoms with E-state index in [1.807, 2.05) is 13.8 Å². The van der Waals surface area contributed by atoms with Gasteiger partial charge in [-0.3, -0.25) is 14.9 Å². The Balaban J connectivity index is 2.93. The maximum Gasteiger partial charge on any atom is 0.321 e. The third kappa shape index (κ3) is 5.95. The van der Waals surface area contributed by atoms with E-state index in [4.69, 9.17) is 0 Å². The minimum absolute atomic E-state index is 0.0853. The molecule has 0 atom stereocenters. The quantitative estimate of drug-likeness (QED) is 0.669. The number of urea groups is 1. The topological polar surface area (TPSA) is 118 Å². The van der Waals surface area contributed by atoms with Crippen LogP contribution in [0.5, 0.6) is 0 Å². The van der Waals surface area contributed by atoms with E-state index in [1.54, 1.807) is 13.8 Å². The summed E-state index contributed by atoms with van der Waals surface area (Å²) in [4.78, 5) is 35.4. The van der Waals surface area contributed by atoms with Gasteiger partial charge in [0.2, 0.25) is 15.9 Å². The summed E-state index contributed by atoms with van der Waals surface area (Å²) in [5.74, 6) is -0.494. The van der Waals surface area contributed by atoms with E-state index in [-0.39, 0.29) is 23.9 Å². The number of sulfonamides is 1. The Morgan fingerprint density at radius 3 is 2.35 bits per heavy atom. The second kappa shape index (κ2) is 9.48. The lowest BCUT2D eigenvalue weighted by Gasteiger charge is -2.19. The van der Waals surface area contributed by atoms with E-state index in [2.05, 4.69) is 10.6 Å². The predicted octanol–water partition coefficient (Wildman–Crippen LogP) is 0.361. The molecule has 2 N–H and O–H groups in total. The number of aromatic nitrogens is 1. The highest BCUT2D eigenvalue weighted by Crippen LogP contribution is 2.13. The Labute approximate surface area is 153 Å². The fraction of sp³-hybridized carbons (Fsp3) is 0.562. The van der Waals surface area contributed by atoms with E-state index in [1.165, 1.54) is 10.4 Å². The molecule has 10 heteroatoms. The number of hydrogen-bond acceptors (Lipinski definition) is 5. The second-order valence-corrected chi connectivity index (χ2v) is 8.01. The van der Waals surface area contributed by atoms with Crippen LogP contribution in [0.25, 0.3) is 0 Å². The van der Waals surface area contributed by atoms with Gasteiger partial charge in [-0.2, -0.15) is 4.31 Å². The molecular formula is C16H26N4O5S. The number of imide groups is 1. The monoisotopic (exact) mass is 386 g/mol. The highest BCUT2D eigenvalue weighted by Gasteiger charge is 2.22. The standard InChI is InChI=1S/C16H26N4O5S/c1-5-20(6-2)26(24,25)13-7-8-15(22)19(10-13)11-14(21)18-16(23)17-9-12(3)4/h7-8,10,12H,5-6,9,11H2,1-4H3,(H2,17,18,21,23). The lowest BCUT2D eigenvalue weighted by molar-refractivity contribution is -0.120. The van der Waals surface area contributed by atoms with Crippen molar-refractivity contribution in [2.75, 3.05) is 19.6 Å². The number of nitrogens with one attached hydrogen (secondary N) is 2. The van der Waals surface area contributed by atoms with Crippen LogP contribution in [0, 0.1) is 5.92 Å². The minimum atomic E-state index is -3.75. The molecule has 0 aromatic carbocycles. The number of carbonyl (C=O) groups is 2. The Hall–Kier alpha value is -2.20. The zero-order chi connectivity index (χ0) is 19.9. The summed E-state index contributed by atoms with van der Waals surface area (Å²) in [6.45, 7) is 7.74. The summed E-state index contributed by atoms with van der Waals surface area (Å²) in [7, 11) is -3.75. The highest BCUT2D eigenvalue weighted by atomic mass is 32.2. The van der Waals surface area contributed by atoms with Crippen LogP contribution >= 0.6 is 0 Å². The first-order chi connectivity index (χ1) is 12.1. The van der Waals surface area contributed by atoms with Crippen molar-refractivity contribution >= 4 is 22.0 Å². The van der Waals surface area contributed by atoms with Crippen LogP contribution in [0.3, 0.4) is 0 Å². The molecule has 0 saturated heterocycles. The van der Waals surface area contributed by atoms with Crippen LogP contribution in [-0.2, 0) is 21.4 Å². The summed E-state index contributed by atoms with van der Waals surface area (Å²) < 4.78 is 27.2.